The molecule has 86 heavy (non-hydrogen) atoms. The van der Waals surface area contributed by atoms with Crippen LogP contribution in [0, 0.1) is 36.9 Å². The summed E-state index contributed by atoms with van der Waals surface area (Å²) >= 11 is 4.19. The van der Waals surface area contributed by atoms with Crippen LogP contribution in [-0.2, 0) is 13.1 Å². The van der Waals surface area contributed by atoms with E-state index in [1.807, 2.05) is 21.6 Å². The molecule has 3 aromatic carbocycles. The van der Waals surface area contributed by atoms with Crippen LogP contribution >= 0.6 is 45.2 Å². The first-order valence-electron chi connectivity index (χ1n) is 27.1. The van der Waals surface area contributed by atoms with Crippen LogP contribution in [0.1, 0.15) is 136 Å². The van der Waals surface area contributed by atoms with E-state index in [0.29, 0.717) is 80.6 Å². The Balaban J connectivity index is 0.000000155. The summed E-state index contributed by atoms with van der Waals surface area (Å²) in [5.74, 6) is 2.02. The molecule has 2 bridgehead atoms. The lowest BCUT2D eigenvalue weighted by Gasteiger charge is -2.23. The minimum atomic E-state index is -0.624. The highest BCUT2D eigenvalue weighted by Crippen LogP contribution is 2.41. The van der Waals surface area contributed by atoms with Crippen molar-refractivity contribution in [3.05, 3.63) is 167 Å². The van der Waals surface area contributed by atoms with E-state index in [2.05, 4.69) is 86.7 Å². The van der Waals surface area contributed by atoms with Crippen molar-refractivity contribution in [2.75, 3.05) is 44.9 Å². The van der Waals surface area contributed by atoms with Crippen molar-refractivity contribution in [2.24, 2.45) is 0 Å². The molecular formula is C60H60F3I2N15O6. The molecule has 0 radical (unpaired) electrons. The van der Waals surface area contributed by atoms with Gasteiger partial charge in [0.15, 0.2) is 34.7 Å². The third kappa shape index (κ3) is 14.7. The number of benzene rings is 3. The monoisotopic (exact) mass is 1400 g/mol. The topological polar surface area (TPSA) is 267 Å². The molecule has 0 unspecified atom stereocenters. The number of halogens is 5. The Morgan fingerprint density at radius 3 is 1.87 bits per heavy atom. The minimum absolute atomic E-state index is 0.151. The Hall–Kier alpha value is -8.59. The number of carbonyl (C=O) groups is 3. The maximum Gasteiger partial charge on any atom is 0.254 e. The molecule has 26 heteroatoms. The summed E-state index contributed by atoms with van der Waals surface area (Å²) < 4.78 is 65.0. The Morgan fingerprint density at radius 2 is 1.30 bits per heavy atom. The Morgan fingerprint density at radius 1 is 0.756 bits per heavy atom. The molecule has 2 saturated carbocycles. The van der Waals surface area contributed by atoms with Gasteiger partial charge in [-0.15, -0.1) is 16.6 Å². The van der Waals surface area contributed by atoms with Crippen LogP contribution < -0.4 is 31.4 Å². The predicted octanol–water partition coefficient (Wildman–Crippen LogP) is 10.1. The lowest BCUT2D eigenvalue weighted by molar-refractivity contribution is 0.0771. The number of fused-ring (bicyclic) bond motifs is 5. The lowest BCUT2D eigenvalue weighted by Crippen LogP contribution is -2.28. The van der Waals surface area contributed by atoms with E-state index in [-0.39, 0.29) is 48.3 Å². The predicted molar refractivity (Wildman–Crippen MR) is 331 cm³/mol. The number of anilines is 3. The number of pyridine rings is 3. The summed E-state index contributed by atoms with van der Waals surface area (Å²) in [6.07, 6.45) is 14.4. The molecule has 11 rings (SSSR count). The number of aromatic nitrogens is 9. The molecule has 6 N–H and O–H groups in total. The molecule has 3 amide bonds. The molecule has 446 valence electrons. The third-order valence-corrected chi connectivity index (χ3v) is 15.3. The van der Waals surface area contributed by atoms with E-state index in [1.165, 1.54) is 64.4 Å². The number of carbonyl (C=O) groups excluding carboxylic acids is 3. The van der Waals surface area contributed by atoms with Crippen molar-refractivity contribution in [3.63, 3.8) is 0 Å². The van der Waals surface area contributed by atoms with Gasteiger partial charge < -0.3 is 46.1 Å². The molecule has 1 aliphatic heterocycles. The van der Waals surface area contributed by atoms with Crippen LogP contribution in [0.3, 0.4) is 0 Å². The van der Waals surface area contributed by atoms with Gasteiger partial charge in [-0.25, -0.2) is 37.5 Å². The van der Waals surface area contributed by atoms with Crippen molar-refractivity contribution < 1.29 is 41.8 Å². The number of amides is 3. The summed E-state index contributed by atoms with van der Waals surface area (Å²) in [4.78, 5) is 55.8. The zero-order chi connectivity index (χ0) is 61.7. The number of terminal acetylenes is 1. The molecule has 6 heterocycles. The number of nitrogens with zero attached hydrogens (tertiary/aromatic N) is 12. The summed E-state index contributed by atoms with van der Waals surface area (Å²) in [5, 5.41) is 17.0. The number of ether oxygens (including phenoxy) is 3. The SMILES string of the molecule is C#CCN(C)C(=O)c1ccc(F)cc1[C@@H](C)Oc1cc(I)cnc1N.C[C@@H](Oc1cc(I)cnc1N)c1cc(F)ccc1C(=O)N(C)Cc1cn(C2CC2)nn1.C[C@H]1Oc2cc(cnc2N)-c2c(nnn2C2CC2)CN(C)C(=O)c2ccc(F)cc21. The molecule has 8 aromatic rings. The summed E-state index contributed by atoms with van der Waals surface area (Å²) in [5.41, 5.74) is 23.0. The smallest absolute Gasteiger partial charge is 0.254 e. The van der Waals surface area contributed by atoms with Gasteiger partial charge in [-0.2, -0.15) is 0 Å². The van der Waals surface area contributed by atoms with Crippen LogP contribution in [0.5, 0.6) is 17.2 Å². The standard InChI is InChI=1S/C21H22FIN6O2.C21H21FN6O2.C18H17FIN3O2/c1-12(31-19-8-14(23)9-25-20(19)24)18-7-13(22)3-6-17(18)21(30)28(2)10-15-11-29(27-26-15)16-4-5-16;1-11-16-8-13(22)3-6-15(16)21(29)27(2)10-17-19(28(26-25-17)14-4-5-14)12-7-18(30-11)20(23)24-9-12;1-4-7-23(3)18(24)14-6-5-12(19)8-15(14)11(2)25-16-9-13(20)10-22-17(16)21/h3,6-9,11-12,16H,4-5,10H2,1-2H3,(H2,24,25);3,6-9,11,14H,4-5,10H2,1-2H3,(H2,23,24);1,5-6,8-11H,7H2,2-3H3,(H2,21,22)/t12-;2*11-/m111/s1. The van der Waals surface area contributed by atoms with Crippen molar-refractivity contribution in [1.82, 2.24) is 59.6 Å². The second-order valence-corrected chi connectivity index (χ2v) is 23.3. The second kappa shape index (κ2) is 26.8. The Kier molecular flexibility index (Phi) is 19.3. The molecule has 2 fully saturated rings. The molecular weight excluding hydrogens is 1340 g/mol. The van der Waals surface area contributed by atoms with Crippen molar-refractivity contribution in [3.8, 4) is 40.8 Å². The second-order valence-electron chi connectivity index (χ2n) is 20.8. The number of hydrogen-bond acceptors (Lipinski definition) is 16. The molecule has 3 atom stereocenters. The number of nitrogens with two attached hydrogens (primary N) is 3. The van der Waals surface area contributed by atoms with E-state index < -0.39 is 35.8 Å². The molecule has 3 aliphatic rings. The van der Waals surface area contributed by atoms with Gasteiger partial charge in [-0.05, 0) is 164 Å². The van der Waals surface area contributed by atoms with Gasteiger partial charge in [0.25, 0.3) is 17.7 Å². The van der Waals surface area contributed by atoms with Gasteiger partial charge in [0.05, 0.1) is 43.6 Å². The van der Waals surface area contributed by atoms with Gasteiger partial charge in [0.1, 0.15) is 47.2 Å². The minimum Gasteiger partial charge on any atom is -0.482 e. The Labute approximate surface area is 521 Å². The normalized spacial score (nSPS) is 15.0. The first kappa shape index (κ1) is 62.0. The summed E-state index contributed by atoms with van der Waals surface area (Å²) in [6, 6.07) is 18.1. The van der Waals surface area contributed by atoms with Crippen LogP contribution in [0.15, 0.2) is 97.6 Å². The van der Waals surface area contributed by atoms with Crippen molar-refractivity contribution >= 4 is 80.4 Å². The molecule has 2 aliphatic carbocycles. The van der Waals surface area contributed by atoms with Gasteiger partial charge in [0.2, 0.25) is 0 Å². The van der Waals surface area contributed by atoms with E-state index in [0.717, 1.165) is 44.1 Å². The van der Waals surface area contributed by atoms with Crippen LogP contribution in [0.2, 0.25) is 0 Å². The average Bonchev–Trinajstić information content (AvgIpc) is 4.47. The highest BCUT2D eigenvalue weighted by Gasteiger charge is 2.33. The van der Waals surface area contributed by atoms with Crippen LogP contribution in [-0.4, -0.2) is 105 Å². The summed E-state index contributed by atoms with van der Waals surface area (Å²) in [6.45, 7) is 5.92. The van der Waals surface area contributed by atoms with Crippen LogP contribution in [0.25, 0.3) is 11.3 Å². The Bertz CT molecular complexity index is 3890. The van der Waals surface area contributed by atoms with Gasteiger partial charge >= 0.3 is 0 Å². The molecule has 0 saturated heterocycles. The zero-order valence-electron chi connectivity index (χ0n) is 47.6. The third-order valence-electron chi connectivity index (χ3n) is 14.1. The zero-order valence-corrected chi connectivity index (χ0v) is 51.9. The van der Waals surface area contributed by atoms with Crippen molar-refractivity contribution in [2.45, 2.75) is 89.9 Å². The largest absolute Gasteiger partial charge is 0.482 e. The highest BCUT2D eigenvalue weighted by atomic mass is 127. The van der Waals surface area contributed by atoms with Crippen molar-refractivity contribution in [1.29, 1.82) is 0 Å². The molecule has 5 aromatic heterocycles. The van der Waals surface area contributed by atoms with E-state index in [4.69, 9.17) is 37.8 Å². The summed E-state index contributed by atoms with van der Waals surface area (Å²) in [7, 11) is 4.96. The van der Waals surface area contributed by atoms with Gasteiger partial charge in [0, 0.05) is 85.8 Å². The fraction of sp³-hybridized carbons (Fsp3) is 0.300. The first-order chi connectivity index (χ1) is 41.1. The fourth-order valence-electron chi connectivity index (χ4n) is 9.33. The number of rotatable bonds is 13. The van der Waals surface area contributed by atoms with Gasteiger partial charge in [-0.1, -0.05) is 16.3 Å². The quantitative estimate of drug-likeness (QED) is 0.0716. The van der Waals surface area contributed by atoms with E-state index in [9.17, 15) is 27.6 Å². The fourth-order valence-corrected chi connectivity index (χ4v) is 10.2. The highest BCUT2D eigenvalue weighted by molar-refractivity contribution is 14.1. The lowest BCUT2D eigenvalue weighted by atomic mass is 10.0. The van der Waals surface area contributed by atoms with Crippen LogP contribution in [0.4, 0.5) is 30.6 Å². The molecule has 0 spiro atoms. The maximum atomic E-state index is 14.0. The van der Waals surface area contributed by atoms with E-state index in [1.54, 1.807) is 77.5 Å². The first-order valence-corrected chi connectivity index (χ1v) is 29.2. The average molecular weight is 1400 g/mol. The van der Waals surface area contributed by atoms with E-state index >= 15 is 0 Å². The van der Waals surface area contributed by atoms with Gasteiger partial charge in [-0.3, -0.25) is 14.4 Å². The maximum absolute atomic E-state index is 14.0. The number of nitrogen functional groups attached to an aromatic ring is 3. The number of hydrogen-bond donors (Lipinski definition) is 3. The molecule has 21 nitrogen and oxygen atoms in total.